The molecular weight excluding hydrogens is 200 g/mol. The molecule has 1 aliphatic rings. The van der Waals surface area contributed by atoms with E-state index in [1.807, 2.05) is 6.07 Å². The van der Waals surface area contributed by atoms with Crippen LogP contribution in [-0.4, -0.2) is 23.2 Å². The predicted octanol–water partition coefficient (Wildman–Crippen LogP) is 2.45. The lowest BCUT2D eigenvalue weighted by Gasteiger charge is -2.16. The molecule has 3 heteroatoms. The molecule has 0 unspecified atom stereocenters. The summed E-state index contributed by atoms with van der Waals surface area (Å²) in [6.45, 7) is 8.77. The van der Waals surface area contributed by atoms with Crippen LogP contribution in [0.15, 0.2) is 18.3 Å². The first-order valence-corrected chi connectivity index (χ1v) is 5.86. The summed E-state index contributed by atoms with van der Waals surface area (Å²) in [5.41, 5.74) is 1.06. The largest absolute Gasteiger partial charge is 0.506 e. The number of rotatable bonds is 0. The summed E-state index contributed by atoms with van der Waals surface area (Å²) in [5, 5.41) is 12.2. The van der Waals surface area contributed by atoms with Crippen molar-refractivity contribution in [3.63, 3.8) is 0 Å². The van der Waals surface area contributed by atoms with Gasteiger partial charge in [0.2, 0.25) is 0 Å². The lowest BCUT2D eigenvalue weighted by molar-refractivity contribution is 0.469. The van der Waals surface area contributed by atoms with Crippen LogP contribution >= 0.6 is 0 Å². The van der Waals surface area contributed by atoms with E-state index in [1.54, 1.807) is 6.07 Å². The van der Waals surface area contributed by atoms with E-state index in [0.29, 0.717) is 0 Å². The zero-order valence-electron chi connectivity index (χ0n) is 10.5. The van der Waals surface area contributed by atoms with Crippen LogP contribution in [0.1, 0.15) is 39.3 Å². The summed E-state index contributed by atoms with van der Waals surface area (Å²) in [6.07, 6.45) is 4.25. The molecule has 0 amide bonds. The van der Waals surface area contributed by atoms with Crippen molar-refractivity contribution < 1.29 is 5.11 Å². The summed E-state index contributed by atoms with van der Waals surface area (Å²) in [7, 11) is 0. The van der Waals surface area contributed by atoms with Crippen LogP contribution in [0.25, 0.3) is 0 Å². The van der Waals surface area contributed by atoms with E-state index in [-0.39, 0.29) is 11.2 Å². The van der Waals surface area contributed by atoms with Crippen molar-refractivity contribution in [2.45, 2.75) is 39.0 Å². The molecule has 0 radical (unpaired) electrons. The normalized spacial score (nSPS) is 15.4. The monoisotopic (exact) mass is 222 g/mol. The zero-order chi connectivity index (χ0) is 12.0. The molecule has 1 aromatic rings. The van der Waals surface area contributed by atoms with Gasteiger partial charge in [-0.3, -0.25) is 4.98 Å². The summed E-state index contributed by atoms with van der Waals surface area (Å²) < 4.78 is 0. The summed E-state index contributed by atoms with van der Waals surface area (Å²) in [6, 6.07) is 3.50. The Balaban J connectivity index is 0.000000212. The van der Waals surface area contributed by atoms with Crippen LogP contribution in [0.3, 0.4) is 0 Å². The Bertz CT molecular complexity index is 289. The van der Waals surface area contributed by atoms with Gasteiger partial charge in [-0.25, -0.2) is 0 Å². The molecule has 2 heterocycles. The molecule has 1 aromatic heterocycles. The van der Waals surface area contributed by atoms with Gasteiger partial charge in [-0.1, -0.05) is 20.8 Å². The Morgan fingerprint density at radius 3 is 2.12 bits per heavy atom. The van der Waals surface area contributed by atoms with Gasteiger partial charge in [-0.2, -0.15) is 0 Å². The van der Waals surface area contributed by atoms with Crippen molar-refractivity contribution in [3.05, 3.63) is 24.0 Å². The van der Waals surface area contributed by atoms with Crippen LogP contribution < -0.4 is 5.32 Å². The first-order valence-electron chi connectivity index (χ1n) is 5.86. The number of aromatic hydroxyl groups is 1. The van der Waals surface area contributed by atoms with E-state index < -0.39 is 0 Å². The first kappa shape index (κ1) is 13.0. The Labute approximate surface area is 97.9 Å². The van der Waals surface area contributed by atoms with Crippen LogP contribution in [0.2, 0.25) is 0 Å². The maximum absolute atomic E-state index is 8.96. The molecule has 0 atom stereocenters. The molecule has 90 valence electrons. The summed E-state index contributed by atoms with van der Waals surface area (Å²) in [5.74, 6) is 0.220. The molecule has 1 aliphatic heterocycles. The maximum atomic E-state index is 8.96. The molecule has 2 rings (SSSR count). The van der Waals surface area contributed by atoms with E-state index in [0.717, 1.165) is 5.69 Å². The highest BCUT2D eigenvalue weighted by molar-refractivity contribution is 5.21. The zero-order valence-corrected chi connectivity index (χ0v) is 10.5. The molecule has 2 N–H and O–H groups in total. The smallest absolute Gasteiger partial charge is 0.133 e. The number of aromatic nitrogens is 1. The van der Waals surface area contributed by atoms with Gasteiger partial charge in [-0.05, 0) is 38.1 Å². The third-order valence-electron chi connectivity index (χ3n) is 2.47. The molecule has 3 nitrogen and oxygen atoms in total. The molecule has 0 aromatic carbocycles. The number of nitrogens with zero attached hydrogens (tertiary/aromatic N) is 1. The van der Waals surface area contributed by atoms with Crippen molar-refractivity contribution in [1.29, 1.82) is 0 Å². The minimum absolute atomic E-state index is 0.0632. The molecule has 1 fully saturated rings. The minimum Gasteiger partial charge on any atom is -0.506 e. The lowest BCUT2D eigenvalue weighted by atomic mass is 9.92. The predicted molar refractivity (Wildman–Crippen MR) is 66.7 cm³/mol. The molecule has 1 saturated heterocycles. The van der Waals surface area contributed by atoms with Gasteiger partial charge in [0, 0.05) is 11.1 Å². The lowest BCUT2D eigenvalue weighted by Crippen LogP contribution is -2.12. The number of hydrogen-bond acceptors (Lipinski definition) is 3. The van der Waals surface area contributed by atoms with E-state index in [2.05, 4.69) is 31.1 Å². The molecular formula is C13H22N2O. The van der Waals surface area contributed by atoms with Crippen molar-refractivity contribution in [1.82, 2.24) is 10.3 Å². The van der Waals surface area contributed by atoms with Gasteiger partial charge in [0.05, 0.1) is 6.20 Å². The molecule has 0 spiro atoms. The second-order valence-corrected chi connectivity index (χ2v) is 5.11. The number of pyridine rings is 1. The third kappa shape index (κ3) is 4.62. The van der Waals surface area contributed by atoms with Gasteiger partial charge < -0.3 is 10.4 Å². The van der Waals surface area contributed by atoms with Crippen molar-refractivity contribution in [2.75, 3.05) is 13.1 Å². The number of hydrogen-bond donors (Lipinski definition) is 2. The topological polar surface area (TPSA) is 45.1 Å². The number of nitrogens with one attached hydrogen (secondary N) is 1. The standard InChI is InChI=1S/C9H13NO.C4H9N/c1-9(2,3)8-5-4-7(11)6-10-8;1-2-4-5-3-1/h4-6,11H,1-3H3;5H,1-4H2. The van der Waals surface area contributed by atoms with E-state index in [9.17, 15) is 0 Å². The molecule has 0 aliphatic carbocycles. The van der Waals surface area contributed by atoms with Gasteiger partial charge >= 0.3 is 0 Å². The Morgan fingerprint density at radius 2 is 1.81 bits per heavy atom. The van der Waals surface area contributed by atoms with Crippen LogP contribution in [-0.2, 0) is 5.41 Å². The summed E-state index contributed by atoms with van der Waals surface area (Å²) in [4.78, 5) is 4.10. The molecule has 0 saturated carbocycles. The fourth-order valence-electron chi connectivity index (χ4n) is 1.45. The van der Waals surface area contributed by atoms with Crippen molar-refractivity contribution >= 4 is 0 Å². The van der Waals surface area contributed by atoms with Gasteiger partial charge in [0.1, 0.15) is 5.75 Å². The van der Waals surface area contributed by atoms with Gasteiger partial charge in [0.25, 0.3) is 0 Å². The van der Waals surface area contributed by atoms with Gasteiger partial charge in [0.15, 0.2) is 0 Å². The average molecular weight is 222 g/mol. The highest BCUT2D eigenvalue weighted by Crippen LogP contribution is 2.20. The molecule has 0 bridgehead atoms. The fraction of sp³-hybridized carbons (Fsp3) is 0.615. The van der Waals surface area contributed by atoms with Crippen LogP contribution in [0, 0.1) is 0 Å². The highest BCUT2D eigenvalue weighted by Gasteiger charge is 2.14. The quantitative estimate of drug-likeness (QED) is 0.708. The maximum Gasteiger partial charge on any atom is 0.133 e. The van der Waals surface area contributed by atoms with Crippen molar-refractivity contribution in [2.24, 2.45) is 0 Å². The Hall–Kier alpha value is -1.09. The highest BCUT2D eigenvalue weighted by atomic mass is 16.3. The van der Waals surface area contributed by atoms with Crippen LogP contribution in [0.5, 0.6) is 5.75 Å². The third-order valence-corrected chi connectivity index (χ3v) is 2.47. The minimum atomic E-state index is 0.0632. The second-order valence-electron chi connectivity index (χ2n) is 5.11. The fourth-order valence-corrected chi connectivity index (χ4v) is 1.45. The van der Waals surface area contributed by atoms with Gasteiger partial charge in [-0.15, -0.1) is 0 Å². The SMILES string of the molecule is C1CCNC1.CC(C)(C)c1ccc(O)cn1. The Morgan fingerprint density at radius 1 is 1.19 bits per heavy atom. The van der Waals surface area contributed by atoms with E-state index in [4.69, 9.17) is 5.11 Å². The van der Waals surface area contributed by atoms with Crippen LogP contribution in [0.4, 0.5) is 0 Å². The van der Waals surface area contributed by atoms with E-state index in [1.165, 1.54) is 32.1 Å². The Kier molecular flexibility index (Phi) is 4.74. The van der Waals surface area contributed by atoms with Crippen molar-refractivity contribution in [3.8, 4) is 5.75 Å². The summed E-state index contributed by atoms with van der Waals surface area (Å²) >= 11 is 0. The second kappa shape index (κ2) is 5.85. The molecule has 16 heavy (non-hydrogen) atoms. The first-order chi connectivity index (χ1) is 7.50. The van der Waals surface area contributed by atoms with E-state index >= 15 is 0 Å². The average Bonchev–Trinajstić information content (AvgIpc) is 2.74.